The van der Waals surface area contributed by atoms with Gasteiger partial charge in [-0.2, -0.15) is 0 Å². The van der Waals surface area contributed by atoms with E-state index in [4.69, 9.17) is 0 Å². The number of imidazole rings is 1. The van der Waals surface area contributed by atoms with Crippen molar-refractivity contribution in [3.8, 4) is 0 Å². The van der Waals surface area contributed by atoms with Crippen molar-refractivity contribution in [3.05, 3.63) is 28.8 Å². The number of nitrogens with one attached hydrogen (secondary N) is 1. The van der Waals surface area contributed by atoms with Crippen molar-refractivity contribution in [2.24, 2.45) is 7.05 Å². The highest BCUT2D eigenvalue weighted by atomic mass is 32.1. The minimum Gasteiger partial charge on any atom is -0.338 e. The van der Waals surface area contributed by atoms with Crippen LogP contribution in [0.3, 0.4) is 0 Å². The molecular formula is C12H19N5S. The Balaban J connectivity index is 2.04. The van der Waals surface area contributed by atoms with Gasteiger partial charge in [-0.15, -0.1) is 5.10 Å². The number of rotatable bonds is 6. The number of hydrogen-bond donors (Lipinski definition) is 1. The molecule has 0 amide bonds. The van der Waals surface area contributed by atoms with E-state index in [0.717, 1.165) is 30.8 Å². The third-order valence-corrected chi connectivity index (χ3v) is 4.04. The Hall–Kier alpha value is -1.27. The van der Waals surface area contributed by atoms with Crippen molar-refractivity contribution < 1.29 is 0 Å². The van der Waals surface area contributed by atoms with Crippen LogP contribution in [0, 0.1) is 0 Å². The lowest BCUT2D eigenvalue weighted by Gasteiger charge is -2.14. The van der Waals surface area contributed by atoms with Gasteiger partial charge in [0.15, 0.2) is 0 Å². The van der Waals surface area contributed by atoms with Crippen LogP contribution in [0.1, 0.15) is 35.8 Å². The van der Waals surface area contributed by atoms with Gasteiger partial charge in [0.2, 0.25) is 0 Å². The molecule has 0 aromatic carbocycles. The van der Waals surface area contributed by atoms with Gasteiger partial charge in [0.25, 0.3) is 0 Å². The Morgan fingerprint density at radius 1 is 1.50 bits per heavy atom. The van der Waals surface area contributed by atoms with Crippen LogP contribution < -0.4 is 5.32 Å². The maximum Gasteiger partial charge on any atom is 0.108 e. The molecule has 0 fully saturated rings. The third-order valence-electron chi connectivity index (χ3n) is 3.16. The summed E-state index contributed by atoms with van der Waals surface area (Å²) in [7, 11) is 4.02. The van der Waals surface area contributed by atoms with E-state index >= 15 is 0 Å². The lowest BCUT2D eigenvalue weighted by Crippen LogP contribution is -2.18. The van der Waals surface area contributed by atoms with Crippen LogP contribution in [0.4, 0.5) is 0 Å². The van der Waals surface area contributed by atoms with Crippen LogP contribution in [-0.2, 0) is 19.9 Å². The summed E-state index contributed by atoms with van der Waals surface area (Å²) in [5, 5.41) is 7.53. The molecule has 2 aromatic rings. The summed E-state index contributed by atoms with van der Waals surface area (Å²) >= 11 is 1.50. The average molecular weight is 265 g/mol. The van der Waals surface area contributed by atoms with E-state index in [2.05, 4.69) is 31.4 Å². The molecule has 0 spiro atoms. The molecule has 0 radical (unpaired) electrons. The molecule has 2 rings (SSSR count). The minimum atomic E-state index is 0.316. The molecule has 0 aliphatic rings. The lowest BCUT2D eigenvalue weighted by atomic mass is 10.1. The van der Waals surface area contributed by atoms with Gasteiger partial charge in [-0.25, -0.2) is 4.98 Å². The highest BCUT2D eigenvalue weighted by molar-refractivity contribution is 7.05. The van der Waals surface area contributed by atoms with Crippen molar-refractivity contribution in [3.63, 3.8) is 0 Å². The predicted octanol–water partition coefficient (Wildman–Crippen LogP) is 1.73. The van der Waals surface area contributed by atoms with E-state index in [1.807, 2.05) is 26.5 Å². The first kappa shape index (κ1) is 13.2. The van der Waals surface area contributed by atoms with E-state index in [9.17, 15) is 0 Å². The van der Waals surface area contributed by atoms with Gasteiger partial charge in [0.05, 0.1) is 10.6 Å². The molecule has 0 aliphatic heterocycles. The fourth-order valence-corrected chi connectivity index (χ4v) is 2.92. The Morgan fingerprint density at radius 2 is 2.33 bits per heavy atom. The average Bonchev–Trinajstić information content (AvgIpc) is 2.99. The molecular weight excluding hydrogens is 246 g/mol. The number of aryl methyl sites for hydroxylation is 3. The molecule has 6 heteroatoms. The maximum atomic E-state index is 4.35. The number of hydrogen-bond acceptors (Lipinski definition) is 5. The topological polar surface area (TPSA) is 55.6 Å². The summed E-state index contributed by atoms with van der Waals surface area (Å²) < 4.78 is 6.12. The van der Waals surface area contributed by atoms with Gasteiger partial charge in [0.1, 0.15) is 5.82 Å². The van der Waals surface area contributed by atoms with Gasteiger partial charge in [-0.1, -0.05) is 11.4 Å². The molecule has 18 heavy (non-hydrogen) atoms. The van der Waals surface area contributed by atoms with Crippen molar-refractivity contribution in [2.75, 3.05) is 7.05 Å². The fourth-order valence-electron chi connectivity index (χ4n) is 2.04. The number of aromatic nitrogens is 4. The maximum absolute atomic E-state index is 4.35. The van der Waals surface area contributed by atoms with Crippen molar-refractivity contribution in [1.82, 2.24) is 24.5 Å². The van der Waals surface area contributed by atoms with E-state index in [1.54, 1.807) is 0 Å². The molecule has 2 heterocycles. The van der Waals surface area contributed by atoms with Crippen LogP contribution in [0.5, 0.6) is 0 Å². The normalized spacial score (nSPS) is 12.8. The van der Waals surface area contributed by atoms with Gasteiger partial charge < -0.3 is 9.88 Å². The molecule has 98 valence electrons. The molecule has 2 aromatic heterocycles. The molecule has 0 saturated heterocycles. The first-order valence-electron chi connectivity index (χ1n) is 6.20. The van der Waals surface area contributed by atoms with E-state index in [-0.39, 0.29) is 0 Å². The summed E-state index contributed by atoms with van der Waals surface area (Å²) in [6.45, 7) is 2.12. The first-order valence-corrected chi connectivity index (χ1v) is 6.98. The van der Waals surface area contributed by atoms with Crippen LogP contribution >= 0.6 is 11.5 Å². The van der Waals surface area contributed by atoms with Crippen molar-refractivity contribution in [1.29, 1.82) is 0 Å². The van der Waals surface area contributed by atoms with E-state index in [1.165, 1.54) is 16.4 Å². The molecule has 0 bridgehead atoms. The molecule has 1 N–H and O–H groups in total. The second-order valence-electron chi connectivity index (χ2n) is 4.27. The Kier molecular flexibility index (Phi) is 4.43. The van der Waals surface area contributed by atoms with Gasteiger partial charge in [-0.05, 0) is 31.4 Å². The zero-order chi connectivity index (χ0) is 13.0. The molecule has 1 unspecified atom stereocenters. The first-order chi connectivity index (χ1) is 8.76. The molecule has 0 aliphatic carbocycles. The van der Waals surface area contributed by atoms with Crippen molar-refractivity contribution >= 4 is 11.5 Å². The zero-order valence-corrected chi connectivity index (χ0v) is 11.9. The monoisotopic (exact) mass is 265 g/mol. The summed E-state index contributed by atoms with van der Waals surface area (Å²) in [5.41, 5.74) is 1.11. The highest BCUT2D eigenvalue weighted by Gasteiger charge is 2.17. The van der Waals surface area contributed by atoms with Crippen LogP contribution in [0.25, 0.3) is 0 Å². The summed E-state index contributed by atoms with van der Waals surface area (Å²) in [4.78, 5) is 5.61. The van der Waals surface area contributed by atoms with E-state index < -0.39 is 0 Å². The SMILES string of the molecule is CCc1nnsc1C(CCc1nccn1C)NC. The van der Waals surface area contributed by atoms with Gasteiger partial charge in [0, 0.05) is 31.9 Å². The third kappa shape index (κ3) is 2.76. The van der Waals surface area contributed by atoms with Gasteiger partial charge in [-0.3, -0.25) is 0 Å². The smallest absolute Gasteiger partial charge is 0.108 e. The minimum absolute atomic E-state index is 0.316. The van der Waals surface area contributed by atoms with Gasteiger partial charge >= 0.3 is 0 Å². The number of nitrogens with zero attached hydrogens (tertiary/aromatic N) is 4. The van der Waals surface area contributed by atoms with Crippen molar-refractivity contribution in [2.45, 2.75) is 32.2 Å². The largest absolute Gasteiger partial charge is 0.338 e. The van der Waals surface area contributed by atoms with Crippen LogP contribution in [-0.4, -0.2) is 26.2 Å². The standard InChI is InChI=1S/C12H19N5S/c1-4-9-12(18-16-15-9)10(13-2)5-6-11-14-7-8-17(11)3/h7-8,10,13H,4-6H2,1-3H3. The fraction of sp³-hybridized carbons (Fsp3) is 0.583. The second kappa shape index (κ2) is 6.06. The van der Waals surface area contributed by atoms with Crippen LogP contribution in [0.15, 0.2) is 12.4 Å². The second-order valence-corrected chi connectivity index (χ2v) is 5.06. The Bertz CT molecular complexity index is 490. The summed E-state index contributed by atoms with van der Waals surface area (Å²) in [5.74, 6) is 1.12. The summed E-state index contributed by atoms with van der Waals surface area (Å²) in [6, 6.07) is 0.316. The molecule has 1 atom stereocenters. The quantitative estimate of drug-likeness (QED) is 0.864. The molecule has 5 nitrogen and oxygen atoms in total. The summed E-state index contributed by atoms with van der Waals surface area (Å²) in [6.07, 6.45) is 6.73. The highest BCUT2D eigenvalue weighted by Crippen LogP contribution is 2.24. The van der Waals surface area contributed by atoms with Crippen LogP contribution in [0.2, 0.25) is 0 Å². The Morgan fingerprint density at radius 3 is 2.94 bits per heavy atom. The Labute approximate surface area is 111 Å². The lowest BCUT2D eigenvalue weighted by molar-refractivity contribution is 0.539. The van der Waals surface area contributed by atoms with E-state index in [0.29, 0.717) is 6.04 Å². The zero-order valence-electron chi connectivity index (χ0n) is 11.1. The molecule has 0 saturated carbocycles. The predicted molar refractivity (Wildman–Crippen MR) is 72.6 cm³/mol.